The highest BCUT2D eigenvalue weighted by molar-refractivity contribution is 7.89. The van der Waals surface area contributed by atoms with E-state index in [1.54, 1.807) is 19.9 Å². The summed E-state index contributed by atoms with van der Waals surface area (Å²) in [7, 11) is -3.62. The van der Waals surface area contributed by atoms with Crippen molar-refractivity contribution in [3.8, 4) is 11.5 Å². The normalized spacial score (nSPS) is 14.1. The van der Waals surface area contributed by atoms with Gasteiger partial charge < -0.3 is 15.2 Å². The lowest BCUT2D eigenvalue weighted by atomic mass is 10.1. The molecular weight excluding hydrogens is 292 g/mol. The molecule has 0 aliphatic carbocycles. The second-order valence-corrected chi connectivity index (χ2v) is 6.39. The predicted octanol–water partition coefficient (Wildman–Crippen LogP) is 0.853. The van der Waals surface area contributed by atoms with E-state index >= 15 is 0 Å². The van der Waals surface area contributed by atoms with Gasteiger partial charge in [0.15, 0.2) is 11.5 Å². The van der Waals surface area contributed by atoms with Gasteiger partial charge in [-0.05, 0) is 26.0 Å². The topological polar surface area (TPSA) is 90.7 Å². The summed E-state index contributed by atoms with van der Waals surface area (Å²) in [4.78, 5) is 0.133. The largest absolute Gasteiger partial charge is 0.454 e. The highest BCUT2D eigenvalue weighted by Gasteiger charge is 2.26. The molecule has 8 heteroatoms. The number of benzene rings is 1. The van der Waals surface area contributed by atoms with Gasteiger partial charge in [-0.2, -0.15) is 0 Å². The van der Waals surface area contributed by atoms with Crippen molar-refractivity contribution in [3.63, 3.8) is 0 Å². The zero-order valence-corrected chi connectivity index (χ0v) is 12.3. The Kier molecular flexibility index (Phi) is 4.67. The Balaban J connectivity index is 0.00000180. The fraction of sp³-hybridized carbons (Fsp3) is 0.455. The second kappa shape index (κ2) is 5.54. The molecule has 0 unspecified atom stereocenters. The Morgan fingerprint density at radius 1 is 1.32 bits per heavy atom. The molecule has 1 aromatic carbocycles. The van der Waals surface area contributed by atoms with Crippen LogP contribution in [0.5, 0.6) is 11.5 Å². The molecule has 0 amide bonds. The van der Waals surface area contributed by atoms with E-state index in [0.29, 0.717) is 11.5 Å². The van der Waals surface area contributed by atoms with Gasteiger partial charge in [-0.1, -0.05) is 0 Å². The van der Waals surface area contributed by atoms with Gasteiger partial charge in [-0.25, -0.2) is 13.1 Å². The Morgan fingerprint density at radius 3 is 2.58 bits per heavy atom. The first-order valence-corrected chi connectivity index (χ1v) is 6.96. The van der Waals surface area contributed by atoms with E-state index < -0.39 is 15.6 Å². The van der Waals surface area contributed by atoms with Crippen molar-refractivity contribution in [3.05, 3.63) is 18.2 Å². The van der Waals surface area contributed by atoms with Gasteiger partial charge in [-0.15, -0.1) is 12.4 Å². The SMILES string of the molecule is CC(C)(CN)NS(=O)(=O)c1ccc2c(c1)OCO2.Cl. The third-order valence-corrected chi connectivity index (χ3v) is 4.27. The summed E-state index contributed by atoms with van der Waals surface area (Å²) in [6.45, 7) is 3.76. The van der Waals surface area contributed by atoms with Gasteiger partial charge in [0.05, 0.1) is 4.90 Å². The summed E-state index contributed by atoms with van der Waals surface area (Å²) in [6, 6.07) is 4.49. The maximum Gasteiger partial charge on any atom is 0.241 e. The molecule has 0 aromatic heterocycles. The maximum atomic E-state index is 12.1. The van der Waals surface area contributed by atoms with Crippen molar-refractivity contribution in [2.75, 3.05) is 13.3 Å². The van der Waals surface area contributed by atoms with Crippen LogP contribution in [0, 0.1) is 0 Å². The Labute approximate surface area is 118 Å². The molecule has 0 atom stereocenters. The van der Waals surface area contributed by atoms with Crippen LogP contribution < -0.4 is 19.9 Å². The summed E-state index contributed by atoms with van der Waals surface area (Å²) in [5, 5.41) is 0. The summed E-state index contributed by atoms with van der Waals surface area (Å²) < 4.78 is 37.1. The summed E-state index contributed by atoms with van der Waals surface area (Å²) in [5.74, 6) is 0.982. The molecule has 3 N–H and O–H groups in total. The number of nitrogens with one attached hydrogen (secondary N) is 1. The van der Waals surface area contributed by atoms with Gasteiger partial charge >= 0.3 is 0 Å². The average molecular weight is 309 g/mol. The second-order valence-electron chi connectivity index (χ2n) is 4.71. The van der Waals surface area contributed by atoms with Gasteiger partial charge in [0.2, 0.25) is 16.8 Å². The first-order chi connectivity index (χ1) is 8.34. The summed E-state index contributed by atoms with van der Waals surface area (Å²) in [5.41, 5.74) is 4.81. The molecule has 19 heavy (non-hydrogen) atoms. The Hall–Kier alpha value is -1.02. The zero-order valence-electron chi connectivity index (χ0n) is 10.7. The standard InChI is InChI=1S/C11H16N2O4S.ClH/c1-11(2,6-12)13-18(14,15)8-3-4-9-10(5-8)17-7-16-9;/h3-5,13H,6-7,12H2,1-2H3;1H. The molecule has 2 rings (SSSR count). The first-order valence-electron chi connectivity index (χ1n) is 5.48. The van der Waals surface area contributed by atoms with Crippen LogP contribution >= 0.6 is 12.4 Å². The van der Waals surface area contributed by atoms with Crippen LogP contribution in [-0.2, 0) is 10.0 Å². The number of fused-ring (bicyclic) bond motifs is 1. The molecule has 1 aliphatic heterocycles. The van der Waals surface area contributed by atoms with Crippen molar-refractivity contribution >= 4 is 22.4 Å². The highest BCUT2D eigenvalue weighted by Crippen LogP contribution is 2.33. The van der Waals surface area contributed by atoms with Crippen molar-refractivity contribution in [1.29, 1.82) is 0 Å². The van der Waals surface area contributed by atoms with Crippen LogP contribution in [0.1, 0.15) is 13.8 Å². The van der Waals surface area contributed by atoms with Crippen LogP contribution in [0.3, 0.4) is 0 Å². The number of rotatable bonds is 4. The molecule has 0 saturated heterocycles. The lowest BCUT2D eigenvalue weighted by molar-refractivity contribution is 0.174. The van der Waals surface area contributed by atoms with E-state index in [-0.39, 0.29) is 30.6 Å². The van der Waals surface area contributed by atoms with E-state index in [1.807, 2.05) is 0 Å². The molecule has 0 saturated carbocycles. The van der Waals surface area contributed by atoms with Crippen LogP contribution in [0.25, 0.3) is 0 Å². The molecule has 0 fully saturated rings. The summed E-state index contributed by atoms with van der Waals surface area (Å²) >= 11 is 0. The fourth-order valence-electron chi connectivity index (χ4n) is 1.51. The monoisotopic (exact) mass is 308 g/mol. The molecule has 6 nitrogen and oxygen atoms in total. The van der Waals surface area contributed by atoms with Crippen molar-refractivity contribution in [1.82, 2.24) is 4.72 Å². The Bertz CT molecular complexity index is 560. The van der Waals surface area contributed by atoms with Crippen molar-refractivity contribution < 1.29 is 17.9 Å². The molecule has 1 aromatic rings. The Morgan fingerprint density at radius 2 is 1.95 bits per heavy atom. The van der Waals surface area contributed by atoms with Gasteiger partial charge in [0.25, 0.3) is 0 Å². The molecule has 0 radical (unpaired) electrons. The molecular formula is C11H17ClN2O4S. The van der Waals surface area contributed by atoms with Crippen LogP contribution in [0.15, 0.2) is 23.1 Å². The minimum Gasteiger partial charge on any atom is -0.454 e. The van der Waals surface area contributed by atoms with Crippen LogP contribution in [-0.4, -0.2) is 27.3 Å². The number of ether oxygens (including phenoxy) is 2. The minimum absolute atomic E-state index is 0. The van der Waals surface area contributed by atoms with E-state index in [9.17, 15) is 8.42 Å². The third kappa shape index (κ3) is 3.50. The van der Waals surface area contributed by atoms with Gasteiger partial charge in [0.1, 0.15) is 0 Å². The average Bonchev–Trinajstić information content (AvgIpc) is 2.74. The number of halogens is 1. The molecule has 1 heterocycles. The maximum absolute atomic E-state index is 12.1. The van der Waals surface area contributed by atoms with E-state index in [4.69, 9.17) is 15.2 Å². The smallest absolute Gasteiger partial charge is 0.241 e. The lowest BCUT2D eigenvalue weighted by Crippen LogP contribution is -2.48. The lowest BCUT2D eigenvalue weighted by Gasteiger charge is -2.23. The zero-order chi connectivity index (χ0) is 13.4. The van der Waals surface area contributed by atoms with Crippen LogP contribution in [0.2, 0.25) is 0 Å². The molecule has 0 bridgehead atoms. The van der Waals surface area contributed by atoms with Crippen molar-refractivity contribution in [2.45, 2.75) is 24.3 Å². The summed E-state index contributed by atoms with van der Waals surface area (Å²) in [6.07, 6.45) is 0. The quantitative estimate of drug-likeness (QED) is 0.860. The number of hydrogen-bond donors (Lipinski definition) is 2. The molecule has 108 valence electrons. The van der Waals surface area contributed by atoms with Crippen molar-refractivity contribution in [2.24, 2.45) is 5.73 Å². The first kappa shape index (κ1) is 16.0. The number of nitrogens with two attached hydrogens (primary N) is 1. The van der Waals surface area contributed by atoms with Crippen LogP contribution in [0.4, 0.5) is 0 Å². The van der Waals surface area contributed by atoms with Gasteiger partial charge in [0, 0.05) is 18.2 Å². The number of sulfonamides is 1. The van der Waals surface area contributed by atoms with E-state index in [2.05, 4.69) is 4.72 Å². The van der Waals surface area contributed by atoms with E-state index in [1.165, 1.54) is 12.1 Å². The van der Waals surface area contributed by atoms with Gasteiger partial charge in [-0.3, -0.25) is 0 Å². The predicted molar refractivity (Wildman–Crippen MR) is 73.3 cm³/mol. The van der Waals surface area contributed by atoms with E-state index in [0.717, 1.165) is 0 Å². The highest BCUT2D eigenvalue weighted by atomic mass is 35.5. The fourth-order valence-corrected chi connectivity index (χ4v) is 2.95. The molecule has 1 aliphatic rings. The third-order valence-electron chi connectivity index (χ3n) is 2.58. The number of hydrogen-bond acceptors (Lipinski definition) is 5. The minimum atomic E-state index is -3.62. The molecule has 0 spiro atoms.